The van der Waals surface area contributed by atoms with Crippen molar-refractivity contribution in [1.29, 1.82) is 0 Å². The van der Waals surface area contributed by atoms with E-state index in [4.69, 9.17) is 9.47 Å². The van der Waals surface area contributed by atoms with Crippen LogP contribution < -0.4 is 0 Å². The van der Waals surface area contributed by atoms with Gasteiger partial charge in [-0.15, -0.1) is 0 Å². The highest BCUT2D eigenvalue weighted by Crippen LogP contribution is 2.35. The third kappa shape index (κ3) is 3.70. The molecule has 1 aromatic carbocycles. The van der Waals surface area contributed by atoms with E-state index >= 15 is 0 Å². The fourth-order valence-corrected chi connectivity index (χ4v) is 4.09. The number of hydrogen-bond donors (Lipinski definition) is 0. The predicted octanol–water partition coefficient (Wildman–Crippen LogP) is 2.01. The summed E-state index contributed by atoms with van der Waals surface area (Å²) < 4.78 is 10.7. The van der Waals surface area contributed by atoms with Gasteiger partial charge in [0, 0.05) is 38.1 Å². The number of fused-ring (bicyclic) bond motifs is 1. The lowest BCUT2D eigenvalue weighted by Gasteiger charge is -2.26. The standard InChI is InChI=1S/C17H21NO4S/c1-21-7-6-18-9-13(8-16(18)19)17(20)22-15-11-23-10-12-4-2-3-5-14(12)15/h2-5,13,15H,6-11H2,1H3. The van der Waals surface area contributed by atoms with Crippen molar-refractivity contribution in [2.75, 3.05) is 32.6 Å². The highest BCUT2D eigenvalue weighted by molar-refractivity contribution is 7.98. The van der Waals surface area contributed by atoms with Crippen LogP contribution in [0.5, 0.6) is 0 Å². The van der Waals surface area contributed by atoms with Gasteiger partial charge >= 0.3 is 5.97 Å². The van der Waals surface area contributed by atoms with Gasteiger partial charge in [0.2, 0.25) is 5.91 Å². The van der Waals surface area contributed by atoms with Crippen LogP contribution >= 0.6 is 11.8 Å². The molecular formula is C17H21NO4S. The van der Waals surface area contributed by atoms with E-state index in [1.54, 1.807) is 23.8 Å². The van der Waals surface area contributed by atoms with E-state index in [0.717, 1.165) is 17.1 Å². The second-order valence-electron chi connectivity index (χ2n) is 5.87. The summed E-state index contributed by atoms with van der Waals surface area (Å²) in [6.07, 6.45) is 0.0323. The molecule has 0 aromatic heterocycles. The molecule has 0 N–H and O–H groups in total. The Balaban J connectivity index is 1.61. The molecule has 0 bridgehead atoms. The largest absolute Gasteiger partial charge is 0.456 e. The van der Waals surface area contributed by atoms with Gasteiger partial charge in [0.15, 0.2) is 0 Å². The van der Waals surface area contributed by atoms with E-state index in [2.05, 4.69) is 6.07 Å². The fraction of sp³-hybridized carbons (Fsp3) is 0.529. The number of nitrogens with zero attached hydrogens (tertiary/aromatic N) is 1. The molecule has 0 radical (unpaired) electrons. The van der Waals surface area contributed by atoms with Crippen LogP contribution in [-0.2, 0) is 24.8 Å². The zero-order valence-electron chi connectivity index (χ0n) is 13.2. The van der Waals surface area contributed by atoms with Gasteiger partial charge in [0.25, 0.3) is 0 Å². The van der Waals surface area contributed by atoms with E-state index in [0.29, 0.717) is 19.7 Å². The van der Waals surface area contributed by atoms with Gasteiger partial charge in [-0.05, 0) is 11.1 Å². The zero-order valence-corrected chi connectivity index (χ0v) is 14.0. The molecule has 1 fully saturated rings. The minimum absolute atomic E-state index is 0.00224. The Morgan fingerprint density at radius 3 is 3.04 bits per heavy atom. The van der Waals surface area contributed by atoms with Crippen LogP contribution in [-0.4, -0.2) is 49.3 Å². The fourth-order valence-electron chi connectivity index (χ4n) is 3.03. The smallest absolute Gasteiger partial charge is 0.311 e. The van der Waals surface area contributed by atoms with Crippen molar-refractivity contribution in [2.45, 2.75) is 18.3 Å². The third-order valence-corrected chi connectivity index (χ3v) is 5.35. The van der Waals surface area contributed by atoms with Crippen LogP contribution in [0.3, 0.4) is 0 Å². The summed E-state index contributed by atoms with van der Waals surface area (Å²) in [5.74, 6) is 1.11. The maximum absolute atomic E-state index is 12.4. The molecule has 5 nitrogen and oxygen atoms in total. The predicted molar refractivity (Wildman–Crippen MR) is 88.0 cm³/mol. The number of benzene rings is 1. The lowest BCUT2D eigenvalue weighted by Crippen LogP contribution is -2.30. The quantitative estimate of drug-likeness (QED) is 0.771. The van der Waals surface area contributed by atoms with Crippen molar-refractivity contribution < 1.29 is 19.1 Å². The maximum Gasteiger partial charge on any atom is 0.311 e. The molecular weight excluding hydrogens is 314 g/mol. The topological polar surface area (TPSA) is 55.8 Å². The number of esters is 1. The number of amides is 1. The summed E-state index contributed by atoms with van der Waals surface area (Å²) in [7, 11) is 1.60. The van der Waals surface area contributed by atoms with Gasteiger partial charge in [-0.2, -0.15) is 11.8 Å². The first-order valence-corrected chi connectivity index (χ1v) is 8.97. The molecule has 124 valence electrons. The van der Waals surface area contributed by atoms with Crippen molar-refractivity contribution in [1.82, 2.24) is 4.90 Å². The number of methoxy groups -OCH3 is 1. The maximum atomic E-state index is 12.4. The van der Waals surface area contributed by atoms with E-state index < -0.39 is 0 Å². The van der Waals surface area contributed by atoms with E-state index in [9.17, 15) is 9.59 Å². The Bertz CT molecular complexity index is 592. The summed E-state index contributed by atoms with van der Waals surface area (Å²) in [5.41, 5.74) is 2.32. The highest BCUT2D eigenvalue weighted by Gasteiger charge is 2.36. The van der Waals surface area contributed by atoms with Crippen LogP contribution in [0.2, 0.25) is 0 Å². The Morgan fingerprint density at radius 2 is 2.22 bits per heavy atom. The Hall–Kier alpha value is -1.53. The summed E-state index contributed by atoms with van der Waals surface area (Å²) in [6.45, 7) is 1.45. The van der Waals surface area contributed by atoms with Gasteiger partial charge in [-0.3, -0.25) is 9.59 Å². The van der Waals surface area contributed by atoms with Crippen molar-refractivity contribution in [2.24, 2.45) is 5.92 Å². The zero-order chi connectivity index (χ0) is 16.2. The van der Waals surface area contributed by atoms with Gasteiger partial charge in [0.05, 0.1) is 12.5 Å². The Morgan fingerprint density at radius 1 is 1.39 bits per heavy atom. The van der Waals surface area contributed by atoms with Crippen molar-refractivity contribution in [3.8, 4) is 0 Å². The third-order valence-electron chi connectivity index (χ3n) is 4.30. The second kappa shape index (κ2) is 7.36. The molecule has 2 atom stereocenters. The van der Waals surface area contributed by atoms with Crippen molar-refractivity contribution in [3.05, 3.63) is 35.4 Å². The molecule has 2 aliphatic heterocycles. The van der Waals surface area contributed by atoms with Crippen LogP contribution in [0.25, 0.3) is 0 Å². The van der Waals surface area contributed by atoms with E-state index in [-0.39, 0.29) is 30.3 Å². The van der Waals surface area contributed by atoms with Crippen molar-refractivity contribution in [3.63, 3.8) is 0 Å². The number of hydrogen-bond acceptors (Lipinski definition) is 5. The summed E-state index contributed by atoms with van der Waals surface area (Å²) in [6, 6.07) is 8.08. The minimum atomic E-state index is -0.363. The highest BCUT2D eigenvalue weighted by atomic mass is 32.2. The number of carbonyl (C=O) groups is 2. The van der Waals surface area contributed by atoms with Crippen LogP contribution in [0.15, 0.2) is 24.3 Å². The summed E-state index contributed by atoms with van der Waals surface area (Å²) in [4.78, 5) is 26.1. The Labute approximate surface area is 140 Å². The minimum Gasteiger partial charge on any atom is -0.456 e. The molecule has 6 heteroatoms. The number of carbonyl (C=O) groups excluding carboxylic acids is 2. The monoisotopic (exact) mass is 335 g/mol. The van der Waals surface area contributed by atoms with E-state index in [1.807, 2.05) is 18.2 Å². The first-order chi connectivity index (χ1) is 11.2. The molecule has 1 amide bonds. The molecule has 23 heavy (non-hydrogen) atoms. The average molecular weight is 335 g/mol. The SMILES string of the molecule is COCCN1CC(C(=O)OC2CSCc3ccccc32)CC1=O. The van der Waals surface area contributed by atoms with Gasteiger partial charge in [-0.1, -0.05) is 24.3 Å². The number of rotatable bonds is 5. The summed E-state index contributed by atoms with van der Waals surface area (Å²) in [5, 5.41) is 0. The molecule has 0 aliphatic carbocycles. The lowest BCUT2D eigenvalue weighted by atomic mass is 10.0. The number of likely N-dealkylation sites (tertiary alicyclic amines) is 1. The molecule has 2 heterocycles. The molecule has 3 rings (SSSR count). The molecule has 0 spiro atoms. The van der Waals surface area contributed by atoms with Crippen LogP contribution in [0.4, 0.5) is 0 Å². The van der Waals surface area contributed by atoms with Crippen molar-refractivity contribution >= 4 is 23.6 Å². The normalized spacial score (nSPS) is 23.7. The molecule has 0 saturated carbocycles. The summed E-state index contributed by atoms with van der Waals surface area (Å²) >= 11 is 1.77. The van der Waals surface area contributed by atoms with Gasteiger partial charge < -0.3 is 14.4 Å². The molecule has 2 unspecified atom stereocenters. The van der Waals surface area contributed by atoms with Gasteiger partial charge in [0.1, 0.15) is 6.10 Å². The number of ether oxygens (including phenoxy) is 2. The molecule has 2 aliphatic rings. The van der Waals surface area contributed by atoms with E-state index in [1.165, 1.54) is 5.56 Å². The first kappa shape index (κ1) is 16.3. The molecule has 1 aromatic rings. The first-order valence-electron chi connectivity index (χ1n) is 7.81. The number of thioether (sulfide) groups is 1. The lowest BCUT2D eigenvalue weighted by molar-refractivity contribution is -0.153. The van der Waals surface area contributed by atoms with Crippen LogP contribution in [0, 0.1) is 5.92 Å². The Kier molecular flexibility index (Phi) is 5.23. The molecule has 1 saturated heterocycles. The second-order valence-corrected chi connectivity index (χ2v) is 6.90. The van der Waals surface area contributed by atoms with Gasteiger partial charge in [-0.25, -0.2) is 0 Å². The van der Waals surface area contributed by atoms with Crippen LogP contribution in [0.1, 0.15) is 23.7 Å². The average Bonchev–Trinajstić information content (AvgIpc) is 2.94.